The van der Waals surface area contributed by atoms with Gasteiger partial charge in [-0.05, 0) is 62.7 Å². The number of hydrogen-bond donors (Lipinski definition) is 1. The molecule has 2 heterocycles. The van der Waals surface area contributed by atoms with Crippen LogP contribution in [0.4, 0.5) is 4.79 Å². The lowest BCUT2D eigenvalue weighted by atomic mass is 9.49. The molecule has 6 rings (SSSR count). The number of rotatable bonds is 5. The highest BCUT2D eigenvalue weighted by atomic mass is 32.1. The summed E-state index contributed by atoms with van der Waals surface area (Å²) in [5.41, 5.74) is 0.993. The van der Waals surface area contributed by atoms with Gasteiger partial charge in [0.25, 0.3) is 0 Å². The average molecular weight is 431 g/mol. The van der Waals surface area contributed by atoms with Gasteiger partial charge in [-0.2, -0.15) is 0 Å². The minimum Gasteiger partial charge on any atom is -0.339 e. The molecule has 1 aliphatic heterocycles. The van der Waals surface area contributed by atoms with Crippen LogP contribution in [0.5, 0.6) is 0 Å². The van der Waals surface area contributed by atoms with Crippen molar-refractivity contribution >= 4 is 23.3 Å². The predicted molar refractivity (Wildman–Crippen MR) is 117 cm³/mol. The van der Waals surface area contributed by atoms with E-state index < -0.39 is 0 Å². The summed E-state index contributed by atoms with van der Waals surface area (Å²) in [6, 6.07) is -0.0113. The molecule has 0 aromatic carbocycles. The molecule has 0 spiro atoms. The van der Waals surface area contributed by atoms with Gasteiger partial charge in [0.2, 0.25) is 5.91 Å². The fourth-order valence-electron chi connectivity index (χ4n) is 6.86. The molecule has 0 radical (unpaired) electrons. The molecule has 1 saturated heterocycles. The van der Waals surface area contributed by atoms with E-state index in [2.05, 4.69) is 27.5 Å². The highest BCUT2D eigenvalue weighted by Crippen LogP contribution is 2.60. The van der Waals surface area contributed by atoms with E-state index in [-0.39, 0.29) is 11.4 Å². The van der Waals surface area contributed by atoms with E-state index >= 15 is 0 Å². The lowest BCUT2D eigenvalue weighted by Crippen LogP contribution is -2.59. The van der Waals surface area contributed by atoms with Crippen molar-refractivity contribution in [2.45, 2.75) is 58.3 Å². The van der Waals surface area contributed by atoms with Gasteiger partial charge in [-0.1, -0.05) is 6.92 Å². The first kappa shape index (κ1) is 20.3. The van der Waals surface area contributed by atoms with Crippen molar-refractivity contribution in [3.05, 3.63) is 16.1 Å². The first-order valence-corrected chi connectivity index (χ1v) is 12.7. The fourth-order valence-corrected chi connectivity index (χ4v) is 7.64. The molecule has 5 aliphatic rings. The topological polar surface area (TPSA) is 65.5 Å². The number of amides is 3. The van der Waals surface area contributed by atoms with E-state index in [0.29, 0.717) is 38.6 Å². The SMILES string of the molecule is CCc1nc(CCNC(=O)N2CCN(C(=O)C34CC5CC(CC(C5)C3)C4)CC2)cs1. The molecular formula is C23H34N4O2S. The number of piperazine rings is 1. The summed E-state index contributed by atoms with van der Waals surface area (Å²) in [4.78, 5) is 34.5. The van der Waals surface area contributed by atoms with E-state index in [1.54, 1.807) is 11.3 Å². The second kappa shape index (κ2) is 8.13. The van der Waals surface area contributed by atoms with Crippen molar-refractivity contribution in [2.24, 2.45) is 23.2 Å². The number of nitrogens with zero attached hydrogens (tertiary/aromatic N) is 3. The molecule has 4 saturated carbocycles. The molecule has 4 aliphatic carbocycles. The molecule has 7 heteroatoms. The van der Waals surface area contributed by atoms with Gasteiger partial charge < -0.3 is 15.1 Å². The van der Waals surface area contributed by atoms with Gasteiger partial charge in [0.15, 0.2) is 0 Å². The lowest BCUT2D eigenvalue weighted by molar-refractivity contribution is -0.159. The highest BCUT2D eigenvalue weighted by molar-refractivity contribution is 7.09. The van der Waals surface area contributed by atoms with Crippen LogP contribution in [-0.2, 0) is 17.6 Å². The molecule has 30 heavy (non-hydrogen) atoms. The third-order valence-electron chi connectivity index (χ3n) is 7.91. The van der Waals surface area contributed by atoms with Crippen LogP contribution in [0.3, 0.4) is 0 Å². The quantitative estimate of drug-likeness (QED) is 0.779. The Kier molecular flexibility index (Phi) is 5.50. The minimum absolute atomic E-state index is 0.0113. The molecule has 164 valence electrons. The van der Waals surface area contributed by atoms with Crippen LogP contribution >= 0.6 is 11.3 Å². The van der Waals surface area contributed by atoms with Gasteiger partial charge >= 0.3 is 6.03 Å². The summed E-state index contributed by atoms with van der Waals surface area (Å²) in [6.07, 6.45) is 9.18. The van der Waals surface area contributed by atoms with E-state index in [0.717, 1.165) is 60.6 Å². The van der Waals surface area contributed by atoms with Crippen molar-refractivity contribution in [3.8, 4) is 0 Å². The van der Waals surface area contributed by atoms with Gasteiger partial charge in [-0.15, -0.1) is 11.3 Å². The normalized spacial score (nSPS) is 32.5. The Labute approximate surface area is 183 Å². The van der Waals surface area contributed by atoms with Crippen LogP contribution in [0.2, 0.25) is 0 Å². The second-order valence-corrected chi connectivity index (χ2v) is 11.0. The van der Waals surface area contributed by atoms with Gasteiger partial charge in [0.05, 0.1) is 16.1 Å². The number of aromatic nitrogens is 1. The molecule has 6 nitrogen and oxygen atoms in total. The summed E-state index contributed by atoms with van der Waals surface area (Å²) in [5, 5.41) is 6.26. The van der Waals surface area contributed by atoms with Crippen molar-refractivity contribution in [2.75, 3.05) is 32.7 Å². The molecule has 1 N–H and O–H groups in total. The number of hydrogen-bond acceptors (Lipinski definition) is 4. The number of urea groups is 1. The smallest absolute Gasteiger partial charge is 0.317 e. The van der Waals surface area contributed by atoms with Crippen LogP contribution in [0.15, 0.2) is 5.38 Å². The molecule has 1 aromatic rings. The van der Waals surface area contributed by atoms with Crippen LogP contribution < -0.4 is 5.32 Å². The van der Waals surface area contributed by atoms with E-state index in [4.69, 9.17) is 0 Å². The summed E-state index contributed by atoms with van der Waals surface area (Å²) >= 11 is 1.69. The fraction of sp³-hybridized carbons (Fsp3) is 0.783. The van der Waals surface area contributed by atoms with E-state index in [1.807, 2.05) is 4.90 Å². The minimum atomic E-state index is -0.0654. The first-order chi connectivity index (χ1) is 14.5. The third-order valence-corrected chi connectivity index (χ3v) is 8.95. The Hall–Kier alpha value is -1.63. The average Bonchev–Trinajstić information content (AvgIpc) is 3.20. The largest absolute Gasteiger partial charge is 0.339 e. The van der Waals surface area contributed by atoms with Crippen molar-refractivity contribution in [1.29, 1.82) is 0 Å². The molecular weight excluding hydrogens is 396 g/mol. The Morgan fingerprint density at radius 1 is 1.07 bits per heavy atom. The molecule has 0 atom stereocenters. The highest BCUT2D eigenvalue weighted by Gasteiger charge is 2.55. The van der Waals surface area contributed by atoms with Gasteiger partial charge in [0, 0.05) is 44.5 Å². The molecule has 5 fully saturated rings. The van der Waals surface area contributed by atoms with Crippen LogP contribution in [0.25, 0.3) is 0 Å². The first-order valence-electron chi connectivity index (χ1n) is 11.8. The number of thiazole rings is 1. The Morgan fingerprint density at radius 2 is 1.67 bits per heavy atom. The van der Waals surface area contributed by atoms with E-state index in [9.17, 15) is 9.59 Å². The number of carbonyl (C=O) groups excluding carboxylic acids is 2. The number of carbonyl (C=O) groups is 2. The van der Waals surface area contributed by atoms with Crippen LogP contribution in [0, 0.1) is 23.2 Å². The zero-order chi connectivity index (χ0) is 20.7. The van der Waals surface area contributed by atoms with Crippen LogP contribution in [0.1, 0.15) is 56.2 Å². The number of aryl methyl sites for hydroxylation is 1. The maximum atomic E-state index is 13.5. The summed E-state index contributed by atoms with van der Waals surface area (Å²) < 4.78 is 0. The van der Waals surface area contributed by atoms with Gasteiger partial charge in [-0.25, -0.2) is 9.78 Å². The second-order valence-electron chi connectivity index (χ2n) is 10.0. The zero-order valence-electron chi connectivity index (χ0n) is 18.1. The van der Waals surface area contributed by atoms with Crippen molar-refractivity contribution in [3.63, 3.8) is 0 Å². The van der Waals surface area contributed by atoms with Crippen molar-refractivity contribution < 1.29 is 9.59 Å². The van der Waals surface area contributed by atoms with Gasteiger partial charge in [0.1, 0.15) is 0 Å². The summed E-state index contributed by atoms with van der Waals surface area (Å²) in [6.45, 7) is 5.36. The molecule has 0 unspecified atom stereocenters. The predicted octanol–water partition coefficient (Wildman–Crippen LogP) is 3.32. The Morgan fingerprint density at radius 3 is 2.23 bits per heavy atom. The Balaban J connectivity index is 1.09. The third kappa shape index (κ3) is 3.85. The summed E-state index contributed by atoms with van der Waals surface area (Å²) in [7, 11) is 0. The zero-order valence-corrected chi connectivity index (χ0v) is 18.9. The monoisotopic (exact) mass is 430 g/mol. The van der Waals surface area contributed by atoms with Crippen LogP contribution in [-0.4, -0.2) is 59.4 Å². The lowest BCUT2D eigenvalue weighted by Gasteiger charge is -2.57. The standard InChI is InChI=1S/C23H34N4O2S/c1-2-20-25-19(15-30-20)3-4-24-22(29)27-7-5-26(6-8-27)21(28)23-12-16-9-17(13-23)11-18(10-16)14-23/h15-18H,2-14H2,1H3,(H,24,29). The molecule has 1 aromatic heterocycles. The molecule has 3 amide bonds. The number of nitrogens with one attached hydrogen (secondary N) is 1. The summed E-state index contributed by atoms with van der Waals surface area (Å²) in [5.74, 6) is 2.77. The maximum absolute atomic E-state index is 13.5. The van der Waals surface area contributed by atoms with E-state index in [1.165, 1.54) is 19.3 Å². The Bertz CT molecular complexity index is 764. The maximum Gasteiger partial charge on any atom is 0.317 e. The van der Waals surface area contributed by atoms with Gasteiger partial charge in [-0.3, -0.25) is 4.79 Å². The van der Waals surface area contributed by atoms with Crippen molar-refractivity contribution in [1.82, 2.24) is 20.1 Å². The molecule has 4 bridgehead atoms.